The van der Waals surface area contributed by atoms with Gasteiger partial charge in [0.1, 0.15) is 5.75 Å². The summed E-state index contributed by atoms with van der Waals surface area (Å²) in [6.45, 7) is 4.42. The first-order valence-electron chi connectivity index (χ1n) is 8.13. The molecule has 5 nitrogen and oxygen atoms in total. The molecular formula is C17H25N3O2. The van der Waals surface area contributed by atoms with Gasteiger partial charge >= 0.3 is 0 Å². The molecule has 0 radical (unpaired) electrons. The number of phenolic OH excluding ortho intramolecular Hbond substituents is 1. The maximum atomic E-state index is 12.6. The van der Waals surface area contributed by atoms with Crippen LogP contribution in [0.2, 0.25) is 0 Å². The molecule has 2 fully saturated rings. The highest BCUT2D eigenvalue weighted by atomic mass is 16.3. The SMILES string of the molecule is NCC1(C(=O)N2CCN(Cc3ccccc3O)CC2)CCC1. The quantitative estimate of drug-likeness (QED) is 0.876. The number of phenols is 1. The predicted octanol–water partition coefficient (Wildman–Crippen LogP) is 1.17. The van der Waals surface area contributed by atoms with Crippen LogP contribution in [0.15, 0.2) is 24.3 Å². The Morgan fingerprint density at radius 1 is 1.18 bits per heavy atom. The fourth-order valence-corrected chi connectivity index (χ4v) is 3.44. The van der Waals surface area contributed by atoms with Gasteiger partial charge in [0.2, 0.25) is 5.91 Å². The third kappa shape index (κ3) is 2.83. The molecule has 1 saturated carbocycles. The zero-order valence-electron chi connectivity index (χ0n) is 13.0. The normalized spacial score (nSPS) is 21.4. The fraction of sp³-hybridized carbons (Fsp3) is 0.588. The van der Waals surface area contributed by atoms with E-state index in [1.165, 1.54) is 0 Å². The molecule has 120 valence electrons. The Kier molecular flexibility index (Phi) is 4.36. The number of rotatable bonds is 4. The molecule has 0 atom stereocenters. The van der Waals surface area contributed by atoms with Crippen LogP contribution in [0.1, 0.15) is 24.8 Å². The third-order valence-electron chi connectivity index (χ3n) is 5.20. The standard InChI is InChI=1S/C17H25N3O2/c18-13-17(6-3-7-17)16(22)20-10-8-19(9-11-20)12-14-4-1-2-5-15(14)21/h1-2,4-5,21H,3,6-13,18H2. The first-order chi connectivity index (χ1) is 10.6. The van der Waals surface area contributed by atoms with Gasteiger partial charge in [-0.15, -0.1) is 0 Å². The zero-order chi connectivity index (χ0) is 15.6. The maximum Gasteiger partial charge on any atom is 0.230 e. The molecule has 5 heteroatoms. The van der Waals surface area contributed by atoms with Crippen molar-refractivity contribution in [1.29, 1.82) is 0 Å². The van der Waals surface area contributed by atoms with Crippen LogP contribution in [0, 0.1) is 5.41 Å². The minimum atomic E-state index is -0.264. The summed E-state index contributed by atoms with van der Waals surface area (Å²) in [6.07, 6.45) is 3.01. The van der Waals surface area contributed by atoms with Crippen molar-refractivity contribution < 1.29 is 9.90 Å². The maximum absolute atomic E-state index is 12.6. The van der Waals surface area contributed by atoms with E-state index in [0.717, 1.165) is 57.5 Å². The van der Waals surface area contributed by atoms with Gasteiger partial charge in [0, 0.05) is 44.8 Å². The molecule has 22 heavy (non-hydrogen) atoms. The molecule has 1 aromatic rings. The highest BCUT2D eigenvalue weighted by molar-refractivity contribution is 5.84. The van der Waals surface area contributed by atoms with E-state index in [4.69, 9.17) is 5.73 Å². The summed E-state index contributed by atoms with van der Waals surface area (Å²) in [5.41, 5.74) is 6.52. The molecule has 0 bridgehead atoms. The van der Waals surface area contributed by atoms with E-state index in [1.807, 2.05) is 23.1 Å². The molecule has 0 unspecified atom stereocenters. The molecule has 1 amide bonds. The molecule has 2 aliphatic rings. The van der Waals surface area contributed by atoms with E-state index < -0.39 is 0 Å². The van der Waals surface area contributed by atoms with E-state index in [-0.39, 0.29) is 11.3 Å². The predicted molar refractivity (Wildman–Crippen MR) is 85.3 cm³/mol. The molecule has 0 spiro atoms. The lowest BCUT2D eigenvalue weighted by Gasteiger charge is -2.45. The second-order valence-electron chi connectivity index (χ2n) is 6.54. The largest absolute Gasteiger partial charge is 0.508 e. The monoisotopic (exact) mass is 303 g/mol. The number of carbonyl (C=O) groups is 1. The summed E-state index contributed by atoms with van der Waals surface area (Å²) >= 11 is 0. The van der Waals surface area contributed by atoms with Gasteiger partial charge in [-0.25, -0.2) is 0 Å². The average Bonchev–Trinajstić information content (AvgIpc) is 2.50. The Morgan fingerprint density at radius 2 is 1.86 bits per heavy atom. The lowest BCUT2D eigenvalue weighted by Crippen LogP contribution is -2.56. The minimum absolute atomic E-state index is 0.253. The van der Waals surface area contributed by atoms with Crippen molar-refractivity contribution in [3.8, 4) is 5.75 Å². The number of benzene rings is 1. The Morgan fingerprint density at radius 3 is 2.41 bits per heavy atom. The van der Waals surface area contributed by atoms with Crippen molar-refractivity contribution >= 4 is 5.91 Å². The molecule has 1 aromatic carbocycles. The Hall–Kier alpha value is -1.59. The van der Waals surface area contributed by atoms with Gasteiger partial charge in [-0.3, -0.25) is 9.69 Å². The van der Waals surface area contributed by atoms with Crippen molar-refractivity contribution in [1.82, 2.24) is 9.80 Å². The number of piperazine rings is 1. The van der Waals surface area contributed by atoms with Gasteiger partial charge in [-0.05, 0) is 18.9 Å². The van der Waals surface area contributed by atoms with Crippen molar-refractivity contribution in [3.05, 3.63) is 29.8 Å². The molecule has 0 aromatic heterocycles. The fourth-order valence-electron chi connectivity index (χ4n) is 3.44. The van der Waals surface area contributed by atoms with Crippen molar-refractivity contribution in [2.24, 2.45) is 11.1 Å². The van der Waals surface area contributed by atoms with E-state index in [0.29, 0.717) is 12.3 Å². The molecule has 3 N–H and O–H groups in total. The zero-order valence-corrected chi connectivity index (χ0v) is 13.0. The Balaban J connectivity index is 1.54. The molecular weight excluding hydrogens is 278 g/mol. The van der Waals surface area contributed by atoms with Crippen LogP contribution < -0.4 is 5.73 Å². The number of carbonyl (C=O) groups excluding carboxylic acids is 1. The average molecular weight is 303 g/mol. The van der Waals surface area contributed by atoms with E-state index in [9.17, 15) is 9.90 Å². The van der Waals surface area contributed by atoms with E-state index in [1.54, 1.807) is 6.07 Å². The lowest BCUT2D eigenvalue weighted by molar-refractivity contribution is -0.148. The van der Waals surface area contributed by atoms with Crippen LogP contribution >= 0.6 is 0 Å². The van der Waals surface area contributed by atoms with Crippen LogP contribution in [-0.4, -0.2) is 53.5 Å². The summed E-state index contributed by atoms with van der Waals surface area (Å²) in [4.78, 5) is 16.9. The Labute approximate surface area is 131 Å². The second kappa shape index (κ2) is 6.26. The number of amides is 1. The van der Waals surface area contributed by atoms with Gasteiger partial charge in [-0.2, -0.15) is 0 Å². The summed E-state index contributed by atoms with van der Waals surface area (Å²) in [5.74, 6) is 0.598. The van der Waals surface area contributed by atoms with Crippen molar-refractivity contribution in [2.45, 2.75) is 25.8 Å². The van der Waals surface area contributed by atoms with Crippen LogP contribution in [-0.2, 0) is 11.3 Å². The molecule has 1 heterocycles. The Bertz CT molecular complexity index is 529. The first kappa shape index (κ1) is 15.3. The van der Waals surface area contributed by atoms with Crippen LogP contribution in [0.3, 0.4) is 0 Å². The van der Waals surface area contributed by atoms with E-state index in [2.05, 4.69) is 4.90 Å². The topological polar surface area (TPSA) is 69.8 Å². The first-order valence-corrected chi connectivity index (χ1v) is 8.13. The number of hydrogen-bond acceptors (Lipinski definition) is 4. The highest BCUT2D eigenvalue weighted by Crippen LogP contribution is 2.41. The number of nitrogens with two attached hydrogens (primary N) is 1. The summed E-state index contributed by atoms with van der Waals surface area (Å²) in [7, 11) is 0. The number of nitrogens with zero attached hydrogens (tertiary/aromatic N) is 2. The molecule has 3 rings (SSSR count). The smallest absolute Gasteiger partial charge is 0.230 e. The van der Waals surface area contributed by atoms with Crippen molar-refractivity contribution in [3.63, 3.8) is 0 Å². The van der Waals surface area contributed by atoms with Gasteiger partial charge in [0.15, 0.2) is 0 Å². The molecule has 1 saturated heterocycles. The number of hydrogen-bond donors (Lipinski definition) is 2. The minimum Gasteiger partial charge on any atom is -0.508 e. The second-order valence-corrected chi connectivity index (χ2v) is 6.54. The van der Waals surface area contributed by atoms with Crippen LogP contribution in [0.4, 0.5) is 0 Å². The van der Waals surface area contributed by atoms with Gasteiger partial charge in [-0.1, -0.05) is 24.6 Å². The van der Waals surface area contributed by atoms with Gasteiger partial charge in [0.25, 0.3) is 0 Å². The van der Waals surface area contributed by atoms with Crippen LogP contribution in [0.5, 0.6) is 5.75 Å². The van der Waals surface area contributed by atoms with Gasteiger partial charge in [0.05, 0.1) is 5.41 Å². The summed E-state index contributed by atoms with van der Waals surface area (Å²) < 4.78 is 0. The molecule has 1 aliphatic carbocycles. The van der Waals surface area contributed by atoms with Gasteiger partial charge < -0.3 is 15.7 Å². The summed E-state index contributed by atoms with van der Waals surface area (Å²) in [5, 5.41) is 9.85. The number of para-hydroxylation sites is 1. The third-order valence-corrected chi connectivity index (χ3v) is 5.20. The lowest BCUT2D eigenvalue weighted by atomic mass is 9.67. The van der Waals surface area contributed by atoms with Crippen LogP contribution in [0.25, 0.3) is 0 Å². The summed E-state index contributed by atoms with van der Waals surface area (Å²) in [6, 6.07) is 7.44. The highest BCUT2D eigenvalue weighted by Gasteiger charge is 2.45. The van der Waals surface area contributed by atoms with E-state index >= 15 is 0 Å². The number of aromatic hydroxyl groups is 1. The molecule has 1 aliphatic heterocycles. The van der Waals surface area contributed by atoms with Crippen molar-refractivity contribution in [2.75, 3.05) is 32.7 Å².